The zero-order chi connectivity index (χ0) is 14.4. The van der Waals surface area contributed by atoms with Crippen LogP contribution >= 0.6 is 0 Å². The van der Waals surface area contributed by atoms with E-state index in [9.17, 15) is 9.90 Å². The van der Waals surface area contributed by atoms with Crippen molar-refractivity contribution < 1.29 is 19.4 Å². The molecule has 110 valence electrons. The Morgan fingerprint density at radius 2 is 2.25 bits per heavy atom. The molecule has 20 heavy (non-hydrogen) atoms. The maximum atomic E-state index is 12.0. The minimum absolute atomic E-state index is 0.157. The maximum absolute atomic E-state index is 12.0. The Morgan fingerprint density at radius 1 is 1.50 bits per heavy atom. The van der Waals surface area contributed by atoms with E-state index in [1.807, 2.05) is 0 Å². The van der Waals surface area contributed by atoms with Crippen LogP contribution in [0.4, 0.5) is 0 Å². The predicted octanol–water partition coefficient (Wildman–Crippen LogP) is 1.76. The zero-order valence-corrected chi connectivity index (χ0v) is 11.7. The van der Waals surface area contributed by atoms with Crippen molar-refractivity contribution in [1.29, 1.82) is 0 Å². The van der Waals surface area contributed by atoms with E-state index in [2.05, 4.69) is 5.32 Å². The van der Waals surface area contributed by atoms with Crippen molar-refractivity contribution in [2.45, 2.75) is 31.9 Å². The Morgan fingerprint density at radius 3 is 2.85 bits per heavy atom. The van der Waals surface area contributed by atoms with Crippen LogP contribution in [0.3, 0.4) is 0 Å². The molecule has 0 spiro atoms. The van der Waals surface area contributed by atoms with Gasteiger partial charge in [-0.25, -0.2) is 4.79 Å². The second kappa shape index (κ2) is 7.26. The number of hydrogen-bond acceptors (Lipinski definition) is 5. The van der Waals surface area contributed by atoms with E-state index in [1.54, 1.807) is 31.2 Å². The first-order valence-electron chi connectivity index (χ1n) is 7.01. The number of aromatic hydroxyl groups is 1. The van der Waals surface area contributed by atoms with Crippen molar-refractivity contribution >= 4 is 5.97 Å². The summed E-state index contributed by atoms with van der Waals surface area (Å²) in [7, 11) is 0. The fourth-order valence-electron chi connectivity index (χ4n) is 2.28. The third kappa shape index (κ3) is 3.95. The average molecular weight is 279 g/mol. The van der Waals surface area contributed by atoms with Gasteiger partial charge in [0, 0.05) is 13.2 Å². The lowest BCUT2D eigenvalue weighted by atomic mass is 10.1. The third-order valence-electron chi connectivity index (χ3n) is 3.32. The lowest BCUT2D eigenvalue weighted by molar-refractivity contribution is -0.146. The monoisotopic (exact) mass is 279 g/mol. The minimum atomic E-state index is -0.528. The van der Waals surface area contributed by atoms with Crippen molar-refractivity contribution in [3.63, 3.8) is 0 Å². The number of phenols is 1. The summed E-state index contributed by atoms with van der Waals surface area (Å²) >= 11 is 0. The van der Waals surface area contributed by atoms with Crippen LogP contribution in [0.1, 0.15) is 31.4 Å². The Labute approximate surface area is 118 Å². The molecule has 1 aromatic carbocycles. The van der Waals surface area contributed by atoms with Crippen LogP contribution < -0.4 is 5.32 Å². The molecule has 1 fully saturated rings. The third-order valence-corrected chi connectivity index (χ3v) is 3.32. The Hall–Kier alpha value is -1.59. The van der Waals surface area contributed by atoms with Gasteiger partial charge in [-0.3, -0.25) is 5.32 Å². The van der Waals surface area contributed by atoms with Crippen molar-refractivity contribution in [3.05, 3.63) is 29.8 Å². The second-order valence-electron chi connectivity index (χ2n) is 4.82. The largest absolute Gasteiger partial charge is 0.508 e. The Bertz CT molecular complexity index is 426. The number of benzene rings is 1. The summed E-state index contributed by atoms with van der Waals surface area (Å²) in [6.45, 7) is 3.53. The van der Waals surface area contributed by atoms with Crippen LogP contribution in [0.25, 0.3) is 0 Å². The van der Waals surface area contributed by atoms with Gasteiger partial charge in [-0.1, -0.05) is 12.1 Å². The summed E-state index contributed by atoms with van der Waals surface area (Å²) in [5, 5.41) is 12.5. The summed E-state index contributed by atoms with van der Waals surface area (Å²) in [6, 6.07) is 6.04. The average Bonchev–Trinajstić information content (AvgIpc) is 2.94. The van der Waals surface area contributed by atoms with Gasteiger partial charge in [0.05, 0.1) is 12.7 Å². The van der Waals surface area contributed by atoms with E-state index in [1.165, 1.54) is 0 Å². The smallest absolute Gasteiger partial charge is 0.327 e. The molecule has 2 rings (SSSR count). The molecule has 0 bridgehead atoms. The molecule has 2 unspecified atom stereocenters. The first kappa shape index (κ1) is 14.8. The minimum Gasteiger partial charge on any atom is -0.508 e. The van der Waals surface area contributed by atoms with E-state index in [0.717, 1.165) is 25.0 Å². The lowest BCUT2D eigenvalue weighted by Gasteiger charge is -2.19. The van der Waals surface area contributed by atoms with Gasteiger partial charge < -0.3 is 14.6 Å². The molecule has 5 nitrogen and oxygen atoms in total. The van der Waals surface area contributed by atoms with Crippen LogP contribution in [0.5, 0.6) is 5.75 Å². The molecular formula is C15H21NO4. The quantitative estimate of drug-likeness (QED) is 0.777. The van der Waals surface area contributed by atoms with Crippen molar-refractivity contribution in [3.8, 4) is 5.75 Å². The maximum Gasteiger partial charge on any atom is 0.327 e. The van der Waals surface area contributed by atoms with Crippen molar-refractivity contribution in [2.75, 3.05) is 19.8 Å². The second-order valence-corrected chi connectivity index (χ2v) is 4.82. The fourth-order valence-corrected chi connectivity index (χ4v) is 2.28. The molecule has 1 aliphatic heterocycles. The van der Waals surface area contributed by atoms with Gasteiger partial charge >= 0.3 is 5.97 Å². The Kier molecular flexibility index (Phi) is 5.38. The number of rotatable bonds is 6. The summed E-state index contributed by atoms with van der Waals surface area (Å²) < 4.78 is 10.6. The topological polar surface area (TPSA) is 67.8 Å². The van der Waals surface area contributed by atoms with Crippen molar-refractivity contribution in [1.82, 2.24) is 5.32 Å². The lowest BCUT2D eigenvalue weighted by Crippen LogP contribution is -2.35. The standard InChI is InChI=1S/C15H21NO4/c1-2-19-15(18)14(11-5-7-12(17)8-6-11)16-10-13-4-3-9-20-13/h5-8,13-14,16-17H,2-4,9-10H2,1H3. The molecule has 0 saturated carbocycles. The highest BCUT2D eigenvalue weighted by atomic mass is 16.5. The van der Waals surface area contributed by atoms with E-state index in [0.29, 0.717) is 13.2 Å². The first-order valence-corrected chi connectivity index (χ1v) is 7.01. The predicted molar refractivity (Wildman–Crippen MR) is 74.5 cm³/mol. The summed E-state index contributed by atoms with van der Waals surface area (Å²) in [5.41, 5.74) is 0.777. The number of carbonyl (C=O) groups excluding carboxylic acids is 1. The van der Waals surface area contributed by atoms with Crippen LogP contribution in [-0.4, -0.2) is 36.9 Å². The highest BCUT2D eigenvalue weighted by Gasteiger charge is 2.24. The molecule has 2 N–H and O–H groups in total. The van der Waals surface area contributed by atoms with Gasteiger partial charge in [0.25, 0.3) is 0 Å². The number of carbonyl (C=O) groups is 1. The summed E-state index contributed by atoms with van der Waals surface area (Å²) in [6.07, 6.45) is 2.23. The van der Waals surface area contributed by atoms with Gasteiger partial charge in [0.2, 0.25) is 0 Å². The molecule has 1 aromatic rings. The number of ether oxygens (including phenoxy) is 2. The molecule has 1 heterocycles. The number of hydrogen-bond donors (Lipinski definition) is 2. The molecule has 0 radical (unpaired) electrons. The van der Waals surface area contributed by atoms with E-state index < -0.39 is 6.04 Å². The van der Waals surface area contributed by atoms with Gasteiger partial charge in [0.1, 0.15) is 11.8 Å². The van der Waals surface area contributed by atoms with E-state index in [4.69, 9.17) is 9.47 Å². The van der Waals surface area contributed by atoms with E-state index in [-0.39, 0.29) is 17.8 Å². The van der Waals surface area contributed by atoms with Gasteiger partial charge in [-0.05, 0) is 37.5 Å². The molecule has 0 aliphatic carbocycles. The van der Waals surface area contributed by atoms with Crippen molar-refractivity contribution in [2.24, 2.45) is 0 Å². The molecule has 1 aliphatic rings. The number of esters is 1. The normalized spacial score (nSPS) is 19.8. The molecule has 5 heteroatoms. The zero-order valence-electron chi connectivity index (χ0n) is 11.7. The molecular weight excluding hydrogens is 258 g/mol. The highest BCUT2D eigenvalue weighted by Crippen LogP contribution is 2.19. The summed E-state index contributed by atoms with van der Waals surface area (Å²) in [5.74, 6) is -0.133. The molecule has 1 saturated heterocycles. The number of phenolic OH excluding ortho intramolecular Hbond substituents is 1. The van der Waals surface area contributed by atoms with Crippen LogP contribution in [-0.2, 0) is 14.3 Å². The van der Waals surface area contributed by atoms with Crippen LogP contribution in [0.2, 0.25) is 0 Å². The summed E-state index contributed by atoms with van der Waals surface area (Å²) in [4.78, 5) is 12.0. The van der Waals surface area contributed by atoms with Crippen LogP contribution in [0.15, 0.2) is 24.3 Å². The number of nitrogens with one attached hydrogen (secondary N) is 1. The molecule has 2 atom stereocenters. The van der Waals surface area contributed by atoms with Gasteiger partial charge in [-0.2, -0.15) is 0 Å². The van der Waals surface area contributed by atoms with Crippen LogP contribution in [0, 0.1) is 0 Å². The molecule has 0 aromatic heterocycles. The molecule has 0 amide bonds. The Balaban J connectivity index is 2.03. The van der Waals surface area contributed by atoms with Gasteiger partial charge in [0.15, 0.2) is 0 Å². The fraction of sp³-hybridized carbons (Fsp3) is 0.533. The SMILES string of the molecule is CCOC(=O)C(NCC1CCCO1)c1ccc(O)cc1. The first-order chi connectivity index (χ1) is 9.70. The van der Waals surface area contributed by atoms with Gasteiger partial charge in [-0.15, -0.1) is 0 Å². The van der Waals surface area contributed by atoms with E-state index >= 15 is 0 Å². The highest BCUT2D eigenvalue weighted by molar-refractivity contribution is 5.77.